The molecule has 4 amide bonds. The van der Waals surface area contributed by atoms with Crippen LogP contribution in [0.15, 0.2) is 18.2 Å². The van der Waals surface area contributed by atoms with Gasteiger partial charge in [0.25, 0.3) is 0 Å². The standard InChI is InChI=1S/C17H24N4O2S2/c1-13-14(18-16(22)20-5-9-24-10-6-20)3-2-4-15(13)19-17(23)21-7-11-25-12-8-21/h2-4H,5-12H2,1H3,(H,18,22)(H,19,23). The summed E-state index contributed by atoms with van der Waals surface area (Å²) in [6, 6.07) is 5.47. The molecule has 2 N–H and O–H groups in total. The van der Waals surface area contributed by atoms with Gasteiger partial charge in [-0.15, -0.1) is 0 Å². The molecule has 0 spiro atoms. The summed E-state index contributed by atoms with van der Waals surface area (Å²) in [6.07, 6.45) is 0. The second-order valence-corrected chi connectivity index (χ2v) is 8.49. The second kappa shape index (κ2) is 8.71. The van der Waals surface area contributed by atoms with Gasteiger partial charge in [0, 0.05) is 60.6 Å². The van der Waals surface area contributed by atoms with E-state index in [1.165, 1.54) is 0 Å². The number of nitrogens with zero attached hydrogens (tertiary/aromatic N) is 2. The van der Waals surface area contributed by atoms with Crippen LogP contribution < -0.4 is 10.6 Å². The molecule has 0 aliphatic carbocycles. The average molecular weight is 381 g/mol. The summed E-state index contributed by atoms with van der Waals surface area (Å²) in [5, 5.41) is 5.97. The van der Waals surface area contributed by atoms with E-state index in [-0.39, 0.29) is 12.1 Å². The number of benzene rings is 1. The highest BCUT2D eigenvalue weighted by atomic mass is 32.2. The zero-order valence-corrected chi connectivity index (χ0v) is 16.0. The SMILES string of the molecule is Cc1c(NC(=O)N2CCSCC2)cccc1NC(=O)N1CCSCC1. The molecular formula is C17H24N4O2S2. The lowest BCUT2D eigenvalue weighted by Crippen LogP contribution is -2.41. The van der Waals surface area contributed by atoms with Crippen LogP contribution in [0.3, 0.4) is 0 Å². The van der Waals surface area contributed by atoms with Gasteiger partial charge in [0.05, 0.1) is 0 Å². The van der Waals surface area contributed by atoms with Gasteiger partial charge in [-0.2, -0.15) is 23.5 Å². The van der Waals surface area contributed by atoms with Gasteiger partial charge in [0.15, 0.2) is 0 Å². The number of thioether (sulfide) groups is 2. The van der Waals surface area contributed by atoms with Gasteiger partial charge in [-0.25, -0.2) is 9.59 Å². The minimum Gasteiger partial charge on any atom is -0.323 e. The van der Waals surface area contributed by atoms with Gasteiger partial charge in [0.2, 0.25) is 0 Å². The smallest absolute Gasteiger partial charge is 0.321 e. The molecule has 2 aliphatic rings. The fourth-order valence-corrected chi connectivity index (χ4v) is 4.63. The predicted octanol–water partition coefficient (Wildman–Crippen LogP) is 3.16. The summed E-state index contributed by atoms with van der Waals surface area (Å²) >= 11 is 3.75. The van der Waals surface area contributed by atoms with Crippen LogP contribution in [-0.2, 0) is 0 Å². The van der Waals surface area contributed by atoms with E-state index in [0.717, 1.165) is 66.1 Å². The number of urea groups is 2. The van der Waals surface area contributed by atoms with Crippen molar-refractivity contribution < 1.29 is 9.59 Å². The van der Waals surface area contributed by atoms with Gasteiger partial charge in [-0.3, -0.25) is 0 Å². The van der Waals surface area contributed by atoms with Crippen molar-refractivity contribution >= 4 is 47.0 Å². The van der Waals surface area contributed by atoms with Crippen molar-refractivity contribution in [2.75, 3.05) is 59.8 Å². The second-order valence-electron chi connectivity index (χ2n) is 6.04. The third kappa shape index (κ3) is 4.76. The van der Waals surface area contributed by atoms with E-state index in [1.807, 2.05) is 58.4 Å². The molecule has 2 fully saturated rings. The fourth-order valence-electron chi connectivity index (χ4n) is 2.83. The van der Waals surface area contributed by atoms with E-state index in [0.29, 0.717) is 0 Å². The van der Waals surface area contributed by atoms with Gasteiger partial charge in [-0.1, -0.05) is 6.07 Å². The molecule has 1 aromatic carbocycles. The number of nitrogens with one attached hydrogen (secondary N) is 2. The number of amides is 4. The minimum absolute atomic E-state index is 0.0695. The molecule has 0 radical (unpaired) electrons. The largest absolute Gasteiger partial charge is 0.323 e. The Bertz CT molecular complexity index is 579. The van der Waals surface area contributed by atoms with E-state index in [9.17, 15) is 9.59 Å². The molecule has 3 rings (SSSR count). The number of anilines is 2. The molecule has 0 unspecified atom stereocenters. The first-order valence-electron chi connectivity index (χ1n) is 8.52. The number of hydrogen-bond acceptors (Lipinski definition) is 4. The maximum absolute atomic E-state index is 12.4. The molecule has 0 aromatic heterocycles. The molecule has 0 atom stereocenters. The van der Waals surface area contributed by atoms with Crippen molar-refractivity contribution in [1.82, 2.24) is 9.80 Å². The minimum atomic E-state index is -0.0695. The first-order chi connectivity index (χ1) is 12.1. The molecule has 6 nitrogen and oxygen atoms in total. The van der Waals surface area contributed by atoms with Gasteiger partial charge in [-0.05, 0) is 24.6 Å². The van der Waals surface area contributed by atoms with Crippen LogP contribution in [-0.4, -0.2) is 71.1 Å². The number of carbonyl (C=O) groups is 2. The number of rotatable bonds is 2. The van der Waals surface area contributed by atoms with Gasteiger partial charge >= 0.3 is 12.1 Å². The van der Waals surface area contributed by atoms with Crippen LogP contribution in [0.5, 0.6) is 0 Å². The van der Waals surface area contributed by atoms with Gasteiger partial charge in [0.1, 0.15) is 0 Å². The fraction of sp³-hybridized carbons (Fsp3) is 0.529. The molecule has 2 saturated heterocycles. The van der Waals surface area contributed by atoms with E-state index in [2.05, 4.69) is 10.6 Å². The molecule has 0 bridgehead atoms. The zero-order valence-electron chi connectivity index (χ0n) is 14.4. The Hall–Kier alpha value is -1.54. The van der Waals surface area contributed by atoms with E-state index in [1.54, 1.807) is 0 Å². The quantitative estimate of drug-likeness (QED) is 0.827. The summed E-state index contributed by atoms with van der Waals surface area (Å²) in [6.45, 7) is 5.03. The Balaban J connectivity index is 1.64. The topological polar surface area (TPSA) is 64.7 Å². The monoisotopic (exact) mass is 380 g/mol. The molecule has 2 heterocycles. The van der Waals surface area contributed by atoms with Crippen LogP contribution in [0, 0.1) is 6.92 Å². The van der Waals surface area contributed by atoms with Crippen molar-refractivity contribution in [3.63, 3.8) is 0 Å². The predicted molar refractivity (Wildman–Crippen MR) is 107 cm³/mol. The maximum atomic E-state index is 12.4. The lowest BCUT2D eigenvalue weighted by Gasteiger charge is -2.28. The number of carbonyl (C=O) groups excluding carboxylic acids is 2. The molecule has 0 saturated carbocycles. The summed E-state index contributed by atoms with van der Waals surface area (Å²) in [5.41, 5.74) is 2.37. The molecular weight excluding hydrogens is 356 g/mol. The normalized spacial score (nSPS) is 18.0. The molecule has 136 valence electrons. The zero-order chi connectivity index (χ0) is 17.6. The lowest BCUT2D eigenvalue weighted by molar-refractivity contribution is 0.216. The van der Waals surface area contributed by atoms with Crippen molar-refractivity contribution in [3.8, 4) is 0 Å². The van der Waals surface area contributed by atoms with Gasteiger partial charge < -0.3 is 20.4 Å². The Morgan fingerprint density at radius 2 is 1.24 bits per heavy atom. The maximum Gasteiger partial charge on any atom is 0.321 e. The highest BCUT2D eigenvalue weighted by Gasteiger charge is 2.20. The Morgan fingerprint density at radius 1 is 0.840 bits per heavy atom. The van der Waals surface area contributed by atoms with Crippen molar-refractivity contribution in [3.05, 3.63) is 23.8 Å². The highest BCUT2D eigenvalue weighted by Crippen LogP contribution is 2.24. The van der Waals surface area contributed by atoms with Crippen molar-refractivity contribution in [1.29, 1.82) is 0 Å². The molecule has 25 heavy (non-hydrogen) atoms. The third-order valence-corrected chi connectivity index (χ3v) is 6.30. The first kappa shape index (κ1) is 18.3. The van der Waals surface area contributed by atoms with Crippen LogP contribution in [0.4, 0.5) is 21.0 Å². The molecule has 8 heteroatoms. The Morgan fingerprint density at radius 3 is 1.64 bits per heavy atom. The average Bonchev–Trinajstić information content (AvgIpc) is 2.66. The van der Waals surface area contributed by atoms with Crippen molar-refractivity contribution in [2.24, 2.45) is 0 Å². The highest BCUT2D eigenvalue weighted by molar-refractivity contribution is 7.99. The first-order valence-corrected chi connectivity index (χ1v) is 10.8. The third-order valence-electron chi connectivity index (χ3n) is 4.41. The molecule has 2 aliphatic heterocycles. The summed E-state index contributed by atoms with van der Waals surface area (Å²) in [5.74, 6) is 3.93. The van der Waals surface area contributed by atoms with Crippen LogP contribution in [0.2, 0.25) is 0 Å². The summed E-state index contributed by atoms with van der Waals surface area (Å²) in [7, 11) is 0. The van der Waals surface area contributed by atoms with Crippen LogP contribution in [0.1, 0.15) is 5.56 Å². The van der Waals surface area contributed by atoms with E-state index in [4.69, 9.17) is 0 Å². The van der Waals surface area contributed by atoms with E-state index < -0.39 is 0 Å². The van der Waals surface area contributed by atoms with E-state index >= 15 is 0 Å². The van der Waals surface area contributed by atoms with Crippen molar-refractivity contribution in [2.45, 2.75) is 6.92 Å². The van der Waals surface area contributed by atoms with Crippen LogP contribution >= 0.6 is 23.5 Å². The lowest BCUT2D eigenvalue weighted by atomic mass is 10.1. The summed E-state index contributed by atoms with van der Waals surface area (Å²) in [4.78, 5) is 28.5. The summed E-state index contributed by atoms with van der Waals surface area (Å²) < 4.78 is 0. The number of hydrogen-bond donors (Lipinski definition) is 2. The Labute approximate surface area is 157 Å². The Kier molecular flexibility index (Phi) is 6.36. The molecule has 1 aromatic rings. The van der Waals surface area contributed by atoms with Crippen LogP contribution in [0.25, 0.3) is 0 Å².